The van der Waals surface area contributed by atoms with Gasteiger partial charge in [0.15, 0.2) is 11.6 Å². The Morgan fingerprint density at radius 3 is 2.37 bits per heavy atom. The summed E-state index contributed by atoms with van der Waals surface area (Å²) in [6.45, 7) is 2.78. The molecular weight excluding hydrogens is 389 g/mol. The molecule has 1 saturated heterocycles. The molecule has 2 nitrogen and oxygen atoms in total. The van der Waals surface area contributed by atoms with E-state index in [1.165, 1.54) is 63.5 Å². The third kappa shape index (κ3) is 5.37. The van der Waals surface area contributed by atoms with Crippen LogP contribution in [0.2, 0.25) is 0 Å². The van der Waals surface area contributed by atoms with Gasteiger partial charge in [0.2, 0.25) is 0 Å². The van der Waals surface area contributed by atoms with Crippen molar-refractivity contribution in [3.63, 3.8) is 0 Å². The summed E-state index contributed by atoms with van der Waals surface area (Å²) in [6.07, 6.45) is 8.54. The molecule has 0 aliphatic carbocycles. The minimum absolute atomic E-state index is 0.00597. The van der Waals surface area contributed by atoms with Crippen molar-refractivity contribution in [2.45, 2.75) is 64.4 Å². The zero-order chi connectivity index (χ0) is 21.5. The molecule has 0 radical (unpaired) electrons. The molecule has 5 heteroatoms. The summed E-state index contributed by atoms with van der Waals surface area (Å²) in [5.74, 6) is -1.84. The van der Waals surface area contributed by atoms with Gasteiger partial charge in [-0.1, -0.05) is 51.2 Å². The molecule has 1 aliphatic rings. The van der Waals surface area contributed by atoms with Gasteiger partial charge in [0.05, 0.1) is 19.8 Å². The Kier molecular flexibility index (Phi) is 8.20. The van der Waals surface area contributed by atoms with Crippen molar-refractivity contribution in [3.05, 3.63) is 53.3 Å². The predicted octanol–water partition coefficient (Wildman–Crippen LogP) is 7.61. The van der Waals surface area contributed by atoms with Gasteiger partial charge >= 0.3 is 0 Å². The topological polar surface area (TPSA) is 18.5 Å². The smallest absolute Gasteiger partial charge is 0.167 e. The first kappa shape index (κ1) is 22.7. The van der Waals surface area contributed by atoms with Crippen LogP contribution in [0.25, 0.3) is 11.1 Å². The summed E-state index contributed by atoms with van der Waals surface area (Å²) >= 11 is 0. The van der Waals surface area contributed by atoms with Gasteiger partial charge in [0.1, 0.15) is 11.6 Å². The Hall–Kier alpha value is -2.01. The van der Waals surface area contributed by atoms with Crippen LogP contribution < -0.4 is 4.74 Å². The monoisotopic (exact) mass is 420 g/mol. The van der Waals surface area contributed by atoms with Crippen LogP contribution in [0.5, 0.6) is 5.75 Å². The summed E-state index contributed by atoms with van der Waals surface area (Å²) < 4.78 is 54.8. The van der Waals surface area contributed by atoms with Gasteiger partial charge in [-0.05, 0) is 37.3 Å². The fraction of sp³-hybridized carbons (Fsp3) is 0.520. The fourth-order valence-electron chi connectivity index (χ4n) is 4.18. The molecule has 0 aromatic heterocycles. The standard InChI is InChI=1S/C25H31F3O2/c1-3-4-5-6-7-8-17-9-14-23(30-16-17)21-13-12-20(24(27)25(21)28)19-11-10-18(29-2)15-22(19)26/h10-13,15,17,23H,3-9,14,16H2,1-2H3. The van der Waals surface area contributed by atoms with Crippen molar-refractivity contribution in [2.24, 2.45) is 5.92 Å². The Bertz CT molecular complexity index is 829. The lowest BCUT2D eigenvalue weighted by molar-refractivity contribution is -0.0218. The van der Waals surface area contributed by atoms with Gasteiger partial charge in [-0.25, -0.2) is 13.2 Å². The lowest BCUT2D eigenvalue weighted by Gasteiger charge is -2.30. The van der Waals surface area contributed by atoms with Gasteiger partial charge in [-0.3, -0.25) is 0 Å². The summed E-state index contributed by atoms with van der Waals surface area (Å²) in [4.78, 5) is 0. The summed E-state index contributed by atoms with van der Waals surface area (Å²) in [7, 11) is 1.42. The first-order valence-electron chi connectivity index (χ1n) is 11.0. The molecule has 30 heavy (non-hydrogen) atoms. The van der Waals surface area contributed by atoms with Gasteiger partial charge in [0, 0.05) is 22.8 Å². The Labute approximate surface area is 177 Å². The zero-order valence-corrected chi connectivity index (χ0v) is 17.9. The molecule has 2 aromatic carbocycles. The number of rotatable bonds is 9. The molecule has 0 bridgehead atoms. The van der Waals surface area contributed by atoms with Crippen molar-refractivity contribution in [2.75, 3.05) is 13.7 Å². The van der Waals surface area contributed by atoms with Crippen molar-refractivity contribution in [1.82, 2.24) is 0 Å². The van der Waals surface area contributed by atoms with Gasteiger partial charge in [0.25, 0.3) is 0 Å². The highest BCUT2D eigenvalue weighted by Gasteiger charge is 2.27. The molecule has 2 atom stereocenters. The minimum Gasteiger partial charge on any atom is -0.497 e. The molecule has 1 fully saturated rings. The third-order valence-electron chi connectivity index (χ3n) is 6.01. The number of benzene rings is 2. The molecule has 0 N–H and O–H groups in total. The third-order valence-corrected chi connectivity index (χ3v) is 6.01. The van der Waals surface area contributed by atoms with E-state index in [1.807, 2.05) is 0 Å². The first-order valence-corrected chi connectivity index (χ1v) is 11.0. The van der Waals surface area contributed by atoms with E-state index in [0.717, 1.165) is 18.9 Å². The quantitative estimate of drug-likeness (QED) is 0.389. The van der Waals surface area contributed by atoms with Gasteiger partial charge in [-0.2, -0.15) is 0 Å². The molecule has 0 amide bonds. The highest BCUT2D eigenvalue weighted by atomic mass is 19.2. The maximum atomic E-state index is 14.8. The number of hydrogen-bond acceptors (Lipinski definition) is 2. The lowest BCUT2D eigenvalue weighted by Crippen LogP contribution is -2.21. The number of halogens is 3. The summed E-state index contributed by atoms with van der Waals surface area (Å²) in [6, 6.07) is 7.03. The molecular formula is C25H31F3O2. The maximum absolute atomic E-state index is 14.8. The number of ether oxygens (including phenoxy) is 2. The fourth-order valence-corrected chi connectivity index (χ4v) is 4.18. The van der Waals surface area contributed by atoms with Crippen LogP contribution in [0.15, 0.2) is 30.3 Å². The number of methoxy groups -OCH3 is 1. The molecule has 0 saturated carbocycles. The van der Waals surface area contributed by atoms with Crippen LogP contribution in [0.3, 0.4) is 0 Å². The summed E-state index contributed by atoms with van der Waals surface area (Å²) in [5, 5.41) is 0. The Morgan fingerprint density at radius 2 is 1.70 bits per heavy atom. The van der Waals surface area contributed by atoms with Crippen LogP contribution >= 0.6 is 0 Å². The lowest BCUT2D eigenvalue weighted by atomic mass is 9.90. The van der Waals surface area contributed by atoms with E-state index in [2.05, 4.69) is 6.92 Å². The van der Waals surface area contributed by atoms with Crippen LogP contribution in [-0.4, -0.2) is 13.7 Å². The largest absolute Gasteiger partial charge is 0.497 e. The van der Waals surface area contributed by atoms with Crippen LogP contribution in [-0.2, 0) is 4.74 Å². The van der Waals surface area contributed by atoms with Crippen LogP contribution in [0.4, 0.5) is 13.2 Å². The minimum atomic E-state index is -1.04. The van der Waals surface area contributed by atoms with E-state index in [4.69, 9.17) is 9.47 Å². The second-order valence-electron chi connectivity index (χ2n) is 8.14. The van der Waals surface area contributed by atoms with Crippen LogP contribution in [0.1, 0.15) is 70.0 Å². The second kappa shape index (κ2) is 10.9. The molecule has 2 aromatic rings. The SMILES string of the molecule is CCCCCCCC1CCC(c2ccc(-c3ccc(OC)cc3F)c(F)c2F)OC1. The Balaban J connectivity index is 1.64. The van der Waals surface area contributed by atoms with Crippen molar-refractivity contribution in [3.8, 4) is 16.9 Å². The van der Waals surface area contributed by atoms with E-state index in [0.29, 0.717) is 24.7 Å². The number of unbranched alkanes of at least 4 members (excludes halogenated alkanes) is 4. The Morgan fingerprint density at radius 1 is 0.933 bits per heavy atom. The zero-order valence-electron chi connectivity index (χ0n) is 17.9. The molecule has 164 valence electrons. The molecule has 1 aliphatic heterocycles. The average molecular weight is 421 g/mol. The number of hydrogen-bond donors (Lipinski definition) is 0. The molecule has 3 rings (SSSR count). The predicted molar refractivity (Wildman–Crippen MR) is 113 cm³/mol. The molecule has 0 spiro atoms. The summed E-state index contributed by atoms with van der Waals surface area (Å²) in [5.41, 5.74) is 0.121. The highest BCUT2D eigenvalue weighted by molar-refractivity contribution is 5.66. The van der Waals surface area contributed by atoms with Gasteiger partial charge in [-0.15, -0.1) is 0 Å². The van der Waals surface area contributed by atoms with E-state index < -0.39 is 23.6 Å². The molecule has 2 unspecified atom stereocenters. The van der Waals surface area contributed by atoms with Gasteiger partial charge < -0.3 is 9.47 Å². The second-order valence-corrected chi connectivity index (χ2v) is 8.14. The van der Waals surface area contributed by atoms with Crippen molar-refractivity contribution in [1.29, 1.82) is 0 Å². The first-order chi connectivity index (χ1) is 14.5. The van der Waals surface area contributed by atoms with E-state index in [1.54, 1.807) is 0 Å². The normalized spacial score (nSPS) is 19.1. The van der Waals surface area contributed by atoms with Crippen molar-refractivity contribution < 1.29 is 22.6 Å². The average Bonchev–Trinajstić information content (AvgIpc) is 2.76. The molecule has 1 heterocycles. The van der Waals surface area contributed by atoms with Crippen LogP contribution in [0, 0.1) is 23.4 Å². The van der Waals surface area contributed by atoms with Crippen molar-refractivity contribution >= 4 is 0 Å². The van der Waals surface area contributed by atoms with E-state index in [-0.39, 0.29) is 16.7 Å². The van der Waals surface area contributed by atoms with E-state index in [9.17, 15) is 13.2 Å². The van der Waals surface area contributed by atoms with E-state index >= 15 is 0 Å². The maximum Gasteiger partial charge on any atom is 0.167 e. The highest BCUT2D eigenvalue weighted by Crippen LogP contribution is 2.37.